The quantitative estimate of drug-likeness (QED) is 0.422. The summed E-state index contributed by atoms with van der Waals surface area (Å²) < 4.78 is 11.7. The first-order valence-electron chi connectivity index (χ1n) is 11.0. The molecule has 2 aromatic carbocycles. The standard InChI is InChI=1S/C26H28ClNO3/c1-3-30-24-15-25-22(23(16-31-25)18-9-11-19(27)12-10-18)14-21(24)17(2)13-26(29)28-20-7-5-4-6-8-20/h9-16,20H,3-8H2,1-2H3,(H,28,29)/b17-13+. The molecule has 0 saturated heterocycles. The first-order valence-corrected chi connectivity index (χ1v) is 11.4. The molecule has 3 aromatic rings. The fraction of sp³-hybridized carbons (Fsp3) is 0.346. The highest BCUT2D eigenvalue weighted by molar-refractivity contribution is 6.30. The van der Waals surface area contributed by atoms with E-state index in [9.17, 15) is 4.79 Å². The number of allylic oxidation sites excluding steroid dienone is 1. The van der Waals surface area contributed by atoms with Crippen molar-refractivity contribution in [3.63, 3.8) is 0 Å². The number of halogens is 1. The van der Waals surface area contributed by atoms with Crippen LogP contribution >= 0.6 is 11.6 Å². The number of hydrogen-bond acceptors (Lipinski definition) is 3. The van der Waals surface area contributed by atoms with Crippen LogP contribution in [0, 0.1) is 0 Å². The van der Waals surface area contributed by atoms with Crippen LogP contribution in [0.1, 0.15) is 51.5 Å². The number of amides is 1. The van der Waals surface area contributed by atoms with Crippen LogP contribution in [0.25, 0.3) is 27.7 Å². The molecular formula is C26H28ClNO3. The van der Waals surface area contributed by atoms with E-state index in [4.69, 9.17) is 20.8 Å². The SMILES string of the molecule is CCOc1cc2occ(-c3ccc(Cl)cc3)c2cc1/C(C)=C/C(=O)NC1CCCCC1. The predicted octanol–water partition coefficient (Wildman–Crippen LogP) is 7.00. The van der Waals surface area contributed by atoms with E-state index in [2.05, 4.69) is 5.32 Å². The van der Waals surface area contributed by atoms with Crippen LogP contribution < -0.4 is 10.1 Å². The normalized spacial score (nSPS) is 15.3. The van der Waals surface area contributed by atoms with Gasteiger partial charge in [-0.3, -0.25) is 4.79 Å². The Labute approximate surface area is 188 Å². The topological polar surface area (TPSA) is 51.5 Å². The second-order valence-electron chi connectivity index (χ2n) is 8.10. The van der Waals surface area contributed by atoms with Crippen molar-refractivity contribution < 1.29 is 13.9 Å². The van der Waals surface area contributed by atoms with Crippen molar-refractivity contribution in [2.75, 3.05) is 6.61 Å². The Hall–Kier alpha value is -2.72. The zero-order chi connectivity index (χ0) is 21.8. The molecule has 1 heterocycles. The van der Waals surface area contributed by atoms with E-state index >= 15 is 0 Å². The summed E-state index contributed by atoms with van der Waals surface area (Å²) >= 11 is 6.05. The van der Waals surface area contributed by atoms with Crippen molar-refractivity contribution in [3.8, 4) is 16.9 Å². The van der Waals surface area contributed by atoms with Crippen LogP contribution in [0.5, 0.6) is 5.75 Å². The van der Waals surface area contributed by atoms with Gasteiger partial charge in [-0.1, -0.05) is 43.0 Å². The fourth-order valence-corrected chi connectivity index (χ4v) is 4.38. The minimum atomic E-state index is -0.0444. The molecule has 0 atom stereocenters. The summed E-state index contributed by atoms with van der Waals surface area (Å²) in [6.07, 6.45) is 9.20. The van der Waals surface area contributed by atoms with Crippen molar-refractivity contribution in [3.05, 3.63) is 59.3 Å². The Morgan fingerprint density at radius 3 is 2.65 bits per heavy atom. The Balaban J connectivity index is 1.68. The molecular weight excluding hydrogens is 410 g/mol. The van der Waals surface area contributed by atoms with E-state index in [0.29, 0.717) is 17.4 Å². The summed E-state index contributed by atoms with van der Waals surface area (Å²) in [7, 11) is 0. The molecule has 0 bridgehead atoms. The number of fused-ring (bicyclic) bond motifs is 1. The highest BCUT2D eigenvalue weighted by atomic mass is 35.5. The third-order valence-corrected chi connectivity index (χ3v) is 6.11. The van der Waals surface area contributed by atoms with Gasteiger partial charge in [0.05, 0.1) is 12.9 Å². The van der Waals surface area contributed by atoms with Crippen LogP contribution in [0.3, 0.4) is 0 Å². The van der Waals surface area contributed by atoms with Gasteiger partial charge >= 0.3 is 0 Å². The molecule has 4 nitrogen and oxygen atoms in total. The highest BCUT2D eigenvalue weighted by Crippen LogP contribution is 2.37. The van der Waals surface area contributed by atoms with E-state index < -0.39 is 0 Å². The first kappa shape index (κ1) is 21.5. The first-order chi connectivity index (χ1) is 15.0. The highest BCUT2D eigenvalue weighted by Gasteiger charge is 2.17. The predicted molar refractivity (Wildman–Crippen MR) is 126 cm³/mol. The van der Waals surface area contributed by atoms with Crippen LogP contribution in [-0.4, -0.2) is 18.6 Å². The Kier molecular flexibility index (Phi) is 6.67. The minimum Gasteiger partial charge on any atom is -0.493 e. The lowest BCUT2D eigenvalue weighted by Gasteiger charge is -2.22. The maximum atomic E-state index is 12.6. The molecule has 0 aliphatic heterocycles. The Bertz CT molecular complexity index is 1090. The summed E-state index contributed by atoms with van der Waals surface area (Å²) in [6.45, 7) is 4.43. The van der Waals surface area contributed by atoms with E-state index in [1.54, 1.807) is 12.3 Å². The van der Waals surface area contributed by atoms with Gasteiger partial charge in [-0.05, 0) is 56.0 Å². The summed E-state index contributed by atoms with van der Waals surface area (Å²) in [5.41, 5.74) is 4.51. The zero-order valence-corrected chi connectivity index (χ0v) is 18.8. The Morgan fingerprint density at radius 2 is 1.94 bits per heavy atom. The Morgan fingerprint density at radius 1 is 1.19 bits per heavy atom. The van der Waals surface area contributed by atoms with Crippen molar-refractivity contribution in [1.29, 1.82) is 0 Å². The van der Waals surface area contributed by atoms with Gasteiger partial charge in [-0.15, -0.1) is 0 Å². The average molecular weight is 438 g/mol. The third-order valence-electron chi connectivity index (χ3n) is 5.85. The van der Waals surface area contributed by atoms with E-state index in [-0.39, 0.29) is 11.9 Å². The lowest BCUT2D eigenvalue weighted by atomic mass is 9.95. The molecule has 1 saturated carbocycles. The van der Waals surface area contributed by atoms with Gasteiger partial charge < -0.3 is 14.5 Å². The van der Waals surface area contributed by atoms with Gasteiger partial charge in [0.1, 0.15) is 11.3 Å². The molecule has 1 fully saturated rings. The number of carbonyl (C=O) groups is 1. The lowest BCUT2D eigenvalue weighted by Crippen LogP contribution is -2.35. The number of ether oxygens (including phenoxy) is 1. The molecule has 1 amide bonds. The monoisotopic (exact) mass is 437 g/mol. The maximum Gasteiger partial charge on any atom is 0.244 e. The fourth-order valence-electron chi connectivity index (χ4n) is 4.26. The van der Waals surface area contributed by atoms with Crippen molar-refractivity contribution >= 4 is 34.1 Å². The summed E-state index contributed by atoms with van der Waals surface area (Å²) in [4.78, 5) is 12.6. The molecule has 0 unspecified atom stereocenters. The van der Waals surface area contributed by atoms with Crippen LogP contribution in [0.15, 0.2) is 53.2 Å². The lowest BCUT2D eigenvalue weighted by molar-refractivity contribution is -0.117. The largest absolute Gasteiger partial charge is 0.493 e. The minimum absolute atomic E-state index is 0.0444. The number of hydrogen-bond donors (Lipinski definition) is 1. The number of carbonyl (C=O) groups excluding carboxylic acids is 1. The number of benzene rings is 2. The van der Waals surface area contributed by atoms with Gasteiger partial charge in [0, 0.05) is 39.7 Å². The molecule has 1 aromatic heterocycles. The van der Waals surface area contributed by atoms with Gasteiger partial charge in [-0.25, -0.2) is 0 Å². The van der Waals surface area contributed by atoms with Gasteiger partial charge in [0.25, 0.3) is 0 Å². The van der Waals surface area contributed by atoms with Crippen LogP contribution in [0.2, 0.25) is 5.02 Å². The second-order valence-corrected chi connectivity index (χ2v) is 8.54. The number of rotatable bonds is 6. The zero-order valence-electron chi connectivity index (χ0n) is 18.0. The molecule has 0 spiro atoms. The molecule has 0 radical (unpaired) electrons. The van der Waals surface area contributed by atoms with Gasteiger partial charge in [0.2, 0.25) is 5.91 Å². The van der Waals surface area contributed by atoms with Gasteiger partial charge in [0.15, 0.2) is 0 Å². The number of nitrogens with one attached hydrogen (secondary N) is 1. The van der Waals surface area contributed by atoms with Crippen LogP contribution in [0.4, 0.5) is 0 Å². The molecule has 1 aliphatic rings. The van der Waals surface area contributed by atoms with Crippen LogP contribution in [-0.2, 0) is 4.79 Å². The molecule has 5 heteroatoms. The molecule has 31 heavy (non-hydrogen) atoms. The molecule has 1 N–H and O–H groups in total. The van der Waals surface area contributed by atoms with E-state index in [1.807, 2.05) is 50.2 Å². The summed E-state index contributed by atoms with van der Waals surface area (Å²) in [5, 5.41) is 4.83. The summed E-state index contributed by atoms with van der Waals surface area (Å²) in [5.74, 6) is 0.670. The van der Waals surface area contributed by atoms with Gasteiger partial charge in [-0.2, -0.15) is 0 Å². The number of furan rings is 1. The van der Waals surface area contributed by atoms with E-state index in [0.717, 1.165) is 46.1 Å². The molecule has 4 rings (SSSR count). The average Bonchev–Trinajstić information content (AvgIpc) is 3.17. The third kappa shape index (κ3) is 4.96. The van der Waals surface area contributed by atoms with Crippen molar-refractivity contribution in [2.24, 2.45) is 0 Å². The smallest absolute Gasteiger partial charge is 0.244 e. The van der Waals surface area contributed by atoms with Crippen molar-refractivity contribution in [1.82, 2.24) is 5.32 Å². The molecule has 162 valence electrons. The second kappa shape index (κ2) is 9.61. The summed E-state index contributed by atoms with van der Waals surface area (Å²) in [6, 6.07) is 11.9. The van der Waals surface area contributed by atoms with E-state index in [1.165, 1.54) is 19.3 Å². The molecule has 1 aliphatic carbocycles. The maximum absolute atomic E-state index is 12.6. The van der Waals surface area contributed by atoms with Crippen molar-refractivity contribution in [2.45, 2.75) is 52.0 Å².